The molecule has 178 valence electrons. The fraction of sp³-hybridized carbons (Fsp3) is 0.0286. The molecule has 2 N–H and O–H groups in total. The molecule has 0 unspecified atom stereocenters. The van der Waals surface area contributed by atoms with E-state index in [1.165, 1.54) is 33.0 Å². The number of hydrogen-bond donors (Lipinski definition) is 1. The summed E-state index contributed by atoms with van der Waals surface area (Å²) in [6.45, 7) is 2.02. The molecular formula is C35H27NO. The van der Waals surface area contributed by atoms with Gasteiger partial charge in [0.1, 0.15) is 11.2 Å². The molecule has 0 spiro atoms. The fourth-order valence-corrected chi connectivity index (χ4v) is 4.99. The van der Waals surface area contributed by atoms with Gasteiger partial charge in [-0.05, 0) is 99.8 Å². The van der Waals surface area contributed by atoms with Crippen molar-refractivity contribution in [1.29, 1.82) is 0 Å². The highest BCUT2D eigenvalue weighted by atomic mass is 16.3. The van der Waals surface area contributed by atoms with Gasteiger partial charge in [0.05, 0.1) is 0 Å². The Morgan fingerprint density at radius 3 is 2.08 bits per heavy atom. The first kappa shape index (κ1) is 22.6. The third kappa shape index (κ3) is 4.34. The van der Waals surface area contributed by atoms with Gasteiger partial charge in [0.25, 0.3) is 0 Å². The van der Waals surface area contributed by atoms with Crippen molar-refractivity contribution in [3.63, 3.8) is 0 Å². The van der Waals surface area contributed by atoms with Crippen LogP contribution in [0.3, 0.4) is 0 Å². The average molecular weight is 478 g/mol. The van der Waals surface area contributed by atoms with Crippen molar-refractivity contribution in [2.24, 2.45) is 5.73 Å². The molecule has 0 radical (unpaired) electrons. The maximum Gasteiger partial charge on any atom is 0.136 e. The standard InChI is InChI=1S/C35H27NO/c1-2-8-24(15-7-18-36)25-11-5-12-26(19-25)27-13-6-14-28(20-27)31-16-17-34-32(22-31)33-21-29-9-3-4-10-30(29)23-35(33)37-34/h2-23H,36H2,1H3/b8-2+,18-7-,24-15+. The minimum atomic E-state index is 0.910. The van der Waals surface area contributed by atoms with Crippen LogP contribution in [0.15, 0.2) is 138 Å². The van der Waals surface area contributed by atoms with Gasteiger partial charge in [0.15, 0.2) is 0 Å². The molecule has 1 heterocycles. The van der Waals surface area contributed by atoms with Crippen molar-refractivity contribution in [2.45, 2.75) is 6.92 Å². The molecule has 37 heavy (non-hydrogen) atoms. The maximum atomic E-state index is 6.20. The Morgan fingerprint density at radius 2 is 1.32 bits per heavy atom. The number of rotatable bonds is 5. The average Bonchev–Trinajstić information content (AvgIpc) is 3.30. The smallest absolute Gasteiger partial charge is 0.136 e. The number of hydrogen-bond acceptors (Lipinski definition) is 2. The molecule has 6 rings (SSSR count). The third-order valence-electron chi connectivity index (χ3n) is 6.80. The minimum absolute atomic E-state index is 0.910. The number of allylic oxidation sites excluding steroid dienone is 5. The van der Waals surface area contributed by atoms with Crippen molar-refractivity contribution < 1.29 is 4.42 Å². The van der Waals surface area contributed by atoms with E-state index in [1.54, 1.807) is 6.20 Å². The summed E-state index contributed by atoms with van der Waals surface area (Å²) in [4.78, 5) is 0. The SMILES string of the molecule is C/C=C/C(=C\C=C/N)c1cccc(-c2cccc(-c3ccc4oc5cc6ccccc6cc5c4c3)c2)c1. The molecule has 2 heteroatoms. The van der Waals surface area contributed by atoms with Crippen LogP contribution in [-0.2, 0) is 0 Å². The topological polar surface area (TPSA) is 39.2 Å². The zero-order chi connectivity index (χ0) is 25.2. The lowest BCUT2D eigenvalue weighted by Gasteiger charge is -2.09. The normalized spacial score (nSPS) is 12.5. The Bertz CT molecular complexity index is 1850. The van der Waals surface area contributed by atoms with E-state index < -0.39 is 0 Å². The highest BCUT2D eigenvalue weighted by Gasteiger charge is 2.11. The molecule has 0 aliphatic carbocycles. The second kappa shape index (κ2) is 9.67. The van der Waals surface area contributed by atoms with Gasteiger partial charge in [-0.15, -0.1) is 0 Å². The summed E-state index contributed by atoms with van der Waals surface area (Å²) in [5.41, 5.74) is 14.4. The monoisotopic (exact) mass is 477 g/mol. The number of furan rings is 1. The summed E-state index contributed by atoms with van der Waals surface area (Å²) in [6.07, 6.45) is 9.59. The molecule has 0 aliphatic rings. The molecule has 0 saturated heterocycles. The van der Waals surface area contributed by atoms with E-state index >= 15 is 0 Å². The van der Waals surface area contributed by atoms with Gasteiger partial charge in [-0.1, -0.05) is 85.0 Å². The lowest BCUT2D eigenvalue weighted by atomic mass is 9.95. The van der Waals surface area contributed by atoms with Crippen molar-refractivity contribution in [3.05, 3.63) is 139 Å². The first-order valence-corrected chi connectivity index (χ1v) is 12.5. The summed E-state index contributed by atoms with van der Waals surface area (Å²) < 4.78 is 6.20. The molecule has 5 aromatic carbocycles. The van der Waals surface area contributed by atoms with Crippen LogP contribution in [0.1, 0.15) is 12.5 Å². The molecule has 0 fully saturated rings. The predicted molar refractivity (Wildman–Crippen MR) is 158 cm³/mol. The summed E-state index contributed by atoms with van der Waals surface area (Å²) >= 11 is 0. The maximum absolute atomic E-state index is 6.20. The second-order valence-corrected chi connectivity index (χ2v) is 9.18. The molecule has 0 amide bonds. The largest absolute Gasteiger partial charge is 0.456 e. The van der Waals surface area contributed by atoms with E-state index in [1.807, 2.05) is 25.2 Å². The summed E-state index contributed by atoms with van der Waals surface area (Å²) in [5, 5.41) is 4.70. The molecule has 0 aliphatic heterocycles. The quantitative estimate of drug-likeness (QED) is 0.251. The van der Waals surface area contributed by atoms with Crippen LogP contribution >= 0.6 is 0 Å². The van der Waals surface area contributed by atoms with Crippen LogP contribution in [0.25, 0.3) is 60.5 Å². The zero-order valence-electron chi connectivity index (χ0n) is 20.7. The Kier molecular flexibility index (Phi) is 5.92. The zero-order valence-corrected chi connectivity index (χ0v) is 20.7. The summed E-state index contributed by atoms with van der Waals surface area (Å²) in [7, 11) is 0. The molecule has 6 aromatic rings. The van der Waals surface area contributed by atoms with Crippen molar-refractivity contribution in [3.8, 4) is 22.3 Å². The van der Waals surface area contributed by atoms with Crippen LogP contribution in [0.2, 0.25) is 0 Å². The number of fused-ring (bicyclic) bond motifs is 4. The second-order valence-electron chi connectivity index (χ2n) is 9.18. The van der Waals surface area contributed by atoms with E-state index in [4.69, 9.17) is 10.2 Å². The first-order valence-electron chi connectivity index (χ1n) is 12.5. The van der Waals surface area contributed by atoms with Gasteiger partial charge < -0.3 is 10.2 Å². The molecule has 0 bridgehead atoms. The van der Waals surface area contributed by atoms with E-state index in [0.29, 0.717) is 0 Å². The Labute approximate surface area is 216 Å². The van der Waals surface area contributed by atoms with E-state index in [9.17, 15) is 0 Å². The number of nitrogens with two attached hydrogens (primary N) is 1. The van der Waals surface area contributed by atoms with E-state index in [-0.39, 0.29) is 0 Å². The van der Waals surface area contributed by atoms with Gasteiger partial charge in [-0.2, -0.15) is 0 Å². The van der Waals surface area contributed by atoms with Crippen molar-refractivity contribution >= 4 is 38.3 Å². The summed E-state index contributed by atoms with van der Waals surface area (Å²) in [6, 6.07) is 36.6. The molecule has 0 atom stereocenters. The van der Waals surface area contributed by atoms with Gasteiger partial charge in [-0.25, -0.2) is 0 Å². The summed E-state index contributed by atoms with van der Waals surface area (Å²) in [5.74, 6) is 0. The van der Waals surface area contributed by atoms with Crippen LogP contribution in [-0.4, -0.2) is 0 Å². The lowest BCUT2D eigenvalue weighted by molar-refractivity contribution is 0.669. The van der Waals surface area contributed by atoms with E-state index in [0.717, 1.165) is 33.1 Å². The van der Waals surface area contributed by atoms with Crippen LogP contribution in [0.4, 0.5) is 0 Å². The van der Waals surface area contributed by atoms with E-state index in [2.05, 4.69) is 109 Å². The Balaban J connectivity index is 1.42. The molecule has 2 nitrogen and oxygen atoms in total. The van der Waals surface area contributed by atoms with Crippen molar-refractivity contribution in [2.75, 3.05) is 0 Å². The van der Waals surface area contributed by atoms with Crippen LogP contribution in [0, 0.1) is 0 Å². The van der Waals surface area contributed by atoms with Gasteiger partial charge in [-0.3, -0.25) is 0 Å². The Morgan fingerprint density at radius 1 is 0.649 bits per heavy atom. The van der Waals surface area contributed by atoms with Crippen molar-refractivity contribution in [1.82, 2.24) is 0 Å². The lowest BCUT2D eigenvalue weighted by Crippen LogP contribution is -1.86. The predicted octanol–water partition coefficient (Wildman–Crippen LogP) is 9.51. The molecule has 0 saturated carbocycles. The highest BCUT2D eigenvalue weighted by Crippen LogP contribution is 2.36. The molecule has 1 aromatic heterocycles. The van der Waals surface area contributed by atoms with Crippen LogP contribution < -0.4 is 5.73 Å². The highest BCUT2D eigenvalue weighted by molar-refractivity contribution is 6.11. The van der Waals surface area contributed by atoms with Gasteiger partial charge >= 0.3 is 0 Å². The van der Waals surface area contributed by atoms with Gasteiger partial charge in [0.2, 0.25) is 0 Å². The third-order valence-corrected chi connectivity index (χ3v) is 6.80. The fourth-order valence-electron chi connectivity index (χ4n) is 4.99. The van der Waals surface area contributed by atoms with Gasteiger partial charge in [0, 0.05) is 10.8 Å². The Hall–Kier alpha value is -4.82. The first-order chi connectivity index (χ1) is 18.2. The number of benzene rings is 5. The molecular weight excluding hydrogens is 450 g/mol. The van der Waals surface area contributed by atoms with Crippen LogP contribution in [0.5, 0.6) is 0 Å². The minimum Gasteiger partial charge on any atom is -0.456 e.